The minimum absolute atomic E-state index is 0.0449. The van der Waals surface area contributed by atoms with Gasteiger partial charge in [0.05, 0.1) is 26.0 Å². The Bertz CT molecular complexity index is 1680. The molecule has 3 aromatic carbocycles. The SMILES string of the molecule is CCC[C@@H](CCO[Si](c1ccccc1)(c1ccccc1)C(C)(C)C)Nc1n[c]nc2c(C)nn(Cc3ccc(CO)cc3OC)c12. The Balaban J connectivity index is 1.43. The molecule has 1 radical (unpaired) electrons. The topological polar surface area (TPSA) is 94.3 Å². The number of anilines is 1. The first-order valence-corrected chi connectivity index (χ1v) is 18.0. The van der Waals surface area contributed by atoms with Gasteiger partial charge in [0.25, 0.3) is 8.32 Å². The lowest BCUT2D eigenvalue weighted by Gasteiger charge is -2.43. The lowest BCUT2D eigenvalue weighted by molar-refractivity contribution is 0.281. The van der Waals surface area contributed by atoms with Crippen LogP contribution in [-0.2, 0) is 17.6 Å². The number of fused-ring (bicyclic) bond motifs is 1. The second kappa shape index (κ2) is 14.6. The summed E-state index contributed by atoms with van der Waals surface area (Å²) in [5.74, 6) is 1.41. The Morgan fingerprint density at radius 1 is 0.957 bits per heavy atom. The molecule has 8 nitrogen and oxygen atoms in total. The summed E-state index contributed by atoms with van der Waals surface area (Å²) in [5, 5.41) is 20.7. The third kappa shape index (κ3) is 6.87. The molecule has 46 heavy (non-hydrogen) atoms. The highest BCUT2D eigenvalue weighted by Gasteiger charge is 2.50. The summed E-state index contributed by atoms with van der Waals surface area (Å²) in [4.78, 5) is 9.07. The summed E-state index contributed by atoms with van der Waals surface area (Å²) in [5.41, 5.74) is 4.15. The van der Waals surface area contributed by atoms with Crippen molar-refractivity contribution in [2.75, 3.05) is 19.0 Å². The van der Waals surface area contributed by atoms with Crippen molar-refractivity contribution >= 4 is 35.5 Å². The number of hydrogen-bond acceptors (Lipinski definition) is 7. The Labute approximate surface area is 274 Å². The number of methoxy groups -OCH3 is 1. The highest BCUT2D eigenvalue weighted by Crippen LogP contribution is 2.37. The maximum Gasteiger partial charge on any atom is 0.261 e. The van der Waals surface area contributed by atoms with Gasteiger partial charge in [-0.2, -0.15) is 5.10 Å². The monoisotopic (exact) mass is 636 g/mol. The van der Waals surface area contributed by atoms with Crippen molar-refractivity contribution in [1.29, 1.82) is 0 Å². The fourth-order valence-corrected chi connectivity index (χ4v) is 11.0. The normalized spacial score (nSPS) is 12.8. The van der Waals surface area contributed by atoms with Crippen molar-refractivity contribution < 1.29 is 14.3 Å². The third-order valence-corrected chi connectivity index (χ3v) is 13.7. The lowest BCUT2D eigenvalue weighted by Crippen LogP contribution is -2.66. The van der Waals surface area contributed by atoms with Crippen LogP contribution in [0.25, 0.3) is 11.0 Å². The standard InChI is InChI=1S/C37H46N5O3Si/c1-7-14-30(21-22-45-46(37(3,4)5,31-15-10-8-11-16-31)32-17-12-9-13-18-32)40-36-35-34(38-26-39-36)27(2)41-42(35)24-29-20-19-28(25-43)23-33(29)44-6/h8-13,15-20,23,30,43H,7,14,21-22,24-25H2,1-6H3,(H,38,39,40)/t30-/m0/s1. The highest BCUT2D eigenvalue weighted by molar-refractivity contribution is 6.99. The summed E-state index contributed by atoms with van der Waals surface area (Å²) in [6, 6.07) is 27.4. The molecule has 0 aliphatic carbocycles. The van der Waals surface area contributed by atoms with E-state index in [1.165, 1.54) is 10.4 Å². The largest absolute Gasteiger partial charge is 0.496 e. The molecule has 2 heterocycles. The van der Waals surface area contributed by atoms with Gasteiger partial charge in [-0.1, -0.05) is 107 Å². The molecular weight excluding hydrogens is 591 g/mol. The molecule has 1 atom stereocenters. The lowest BCUT2D eigenvalue weighted by atomic mass is 10.1. The number of nitrogens with one attached hydrogen (secondary N) is 1. The van der Waals surface area contributed by atoms with Gasteiger partial charge in [-0.25, -0.2) is 9.97 Å². The van der Waals surface area contributed by atoms with Gasteiger partial charge in [0, 0.05) is 18.2 Å². The van der Waals surface area contributed by atoms with Gasteiger partial charge < -0.3 is 19.6 Å². The summed E-state index contributed by atoms with van der Waals surface area (Å²) < 4.78 is 14.8. The number of rotatable bonds is 14. The molecule has 0 spiro atoms. The van der Waals surface area contributed by atoms with E-state index in [2.05, 4.69) is 110 Å². The molecule has 5 rings (SSSR count). The Morgan fingerprint density at radius 2 is 1.63 bits per heavy atom. The molecule has 0 unspecified atom stereocenters. The molecule has 0 bridgehead atoms. The van der Waals surface area contributed by atoms with Crippen LogP contribution in [0.4, 0.5) is 5.82 Å². The van der Waals surface area contributed by atoms with Gasteiger partial charge >= 0.3 is 0 Å². The maximum absolute atomic E-state index is 9.60. The van der Waals surface area contributed by atoms with E-state index < -0.39 is 8.32 Å². The van der Waals surface area contributed by atoms with Crippen LogP contribution in [0.5, 0.6) is 5.75 Å². The minimum Gasteiger partial charge on any atom is -0.496 e. The van der Waals surface area contributed by atoms with Crippen molar-refractivity contribution in [1.82, 2.24) is 19.7 Å². The summed E-state index contributed by atoms with van der Waals surface area (Å²) in [6.07, 6.45) is 5.64. The van der Waals surface area contributed by atoms with Gasteiger partial charge in [0.1, 0.15) is 16.8 Å². The molecule has 0 fully saturated rings. The van der Waals surface area contributed by atoms with E-state index in [1.54, 1.807) is 7.11 Å². The van der Waals surface area contributed by atoms with E-state index in [9.17, 15) is 5.11 Å². The van der Waals surface area contributed by atoms with Gasteiger partial charge in [0.2, 0.25) is 6.33 Å². The minimum atomic E-state index is -2.64. The number of aryl methyl sites for hydroxylation is 1. The van der Waals surface area contributed by atoms with Crippen molar-refractivity contribution in [3.05, 3.63) is 102 Å². The number of nitrogens with zero attached hydrogens (tertiary/aromatic N) is 4. The zero-order valence-electron chi connectivity index (χ0n) is 27.9. The number of ether oxygens (including phenoxy) is 1. The smallest absolute Gasteiger partial charge is 0.261 e. The van der Waals surface area contributed by atoms with Crippen molar-refractivity contribution in [3.8, 4) is 5.75 Å². The number of aromatic nitrogens is 4. The molecular formula is C37H46N5O3Si. The predicted molar refractivity (Wildman–Crippen MR) is 187 cm³/mol. The van der Waals surface area contributed by atoms with Crippen molar-refractivity contribution in [2.24, 2.45) is 0 Å². The molecule has 2 N–H and O–H groups in total. The Hall–Kier alpha value is -4.05. The molecule has 0 aliphatic rings. The van der Waals surface area contributed by atoms with Gasteiger partial charge in [-0.05, 0) is 46.8 Å². The van der Waals surface area contributed by atoms with E-state index in [0.717, 1.165) is 47.1 Å². The van der Waals surface area contributed by atoms with Crippen LogP contribution in [0.3, 0.4) is 0 Å². The van der Waals surface area contributed by atoms with Crippen LogP contribution in [0.15, 0.2) is 78.9 Å². The van der Waals surface area contributed by atoms with Crippen LogP contribution in [0.1, 0.15) is 63.8 Å². The average Bonchev–Trinajstić information content (AvgIpc) is 3.39. The first-order chi connectivity index (χ1) is 22.2. The molecule has 0 aliphatic heterocycles. The van der Waals surface area contributed by atoms with E-state index >= 15 is 0 Å². The first-order valence-electron chi connectivity index (χ1n) is 16.1. The van der Waals surface area contributed by atoms with Crippen LogP contribution < -0.4 is 20.4 Å². The van der Waals surface area contributed by atoms with Crippen LogP contribution in [0, 0.1) is 13.3 Å². The molecule has 241 valence electrons. The zero-order chi connectivity index (χ0) is 32.7. The second-order valence-corrected chi connectivity index (χ2v) is 17.2. The van der Waals surface area contributed by atoms with Crippen molar-refractivity contribution in [3.63, 3.8) is 0 Å². The van der Waals surface area contributed by atoms with Gasteiger partial charge in [-0.3, -0.25) is 4.68 Å². The second-order valence-electron chi connectivity index (χ2n) is 12.8. The quantitative estimate of drug-likeness (QED) is 0.144. The van der Waals surface area contributed by atoms with Gasteiger partial charge in [-0.15, -0.1) is 0 Å². The predicted octanol–water partition coefficient (Wildman–Crippen LogP) is 6.03. The van der Waals surface area contributed by atoms with Crippen LogP contribution >= 0.6 is 0 Å². The van der Waals surface area contributed by atoms with Crippen molar-refractivity contribution in [2.45, 2.75) is 78.1 Å². The Morgan fingerprint density at radius 3 is 2.22 bits per heavy atom. The third-order valence-electron chi connectivity index (χ3n) is 8.68. The molecule has 0 saturated heterocycles. The van der Waals surface area contributed by atoms with Crippen LogP contribution in [0.2, 0.25) is 5.04 Å². The van der Waals surface area contributed by atoms with E-state index in [0.29, 0.717) is 24.7 Å². The molecule has 9 heteroatoms. The number of aliphatic hydroxyl groups is 1. The fourth-order valence-electron chi connectivity index (χ4n) is 6.46. The zero-order valence-corrected chi connectivity index (χ0v) is 28.9. The molecule has 0 amide bonds. The highest BCUT2D eigenvalue weighted by atomic mass is 28.4. The summed E-state index contributed by atoms with van der Waals surface area (Å²) >= 11 is 0. The Kier molecular flexibility index (Phi) is 10.6. The maximum atomic E-state index is 9.60. The summed E-state index contributed by atoms with van der Waals surface area (Å²) in [6.45, 7) is 12.1. The molecule has 0 saturated carbocycles. The van der Waals surface area contributed by atoms with E-state index in [1.807, 2.05) is 29.8 Å². The van der Waals surface area contributed by atoms with Gasteiger partial charge in [0.15, 0.2) is 5.82 Å². The molecule has 5 aromatic rings. The average molecular weight is 637 g/mol. The first kappa shape index (κ1) is 33.3. The number of hydrogen-bond donors (Lipinski definition) is 2. The molecule has 2 aromatic heterocycles. The number of aliphatic hydroxyl groups excluding tert-OH is 1. The van der Waals surface area contributed by atoms with E-state index in [4.69, 9.17) is 14.3 Å². The number of benzene rings is 3. The van der Waals surface area contributed by atoms with Crippen LogP contribution in [-0.4, -0.2) is 52.9 Å². The fraction of sp³-hybridized carbons (Fsp3) is 0.378. The summed E-state index contributed by atoms with van der Waals surface area (Å²) in [7, 11) is -1.00. The van der Waals surface area contributed by atoms with E-state index in [-0.39, 0.29) is 17.7 Å².